The van der Waals surface area contributed by atoms with Gasteiger partial charge in [-0.05, 0) is 24.6 Å². The summed E-state index contributed by atoms with van der Waals surface area (Å²) in [5.41, 5.74) is 3.13. The average molecular weight is 358 g/mol. The van der Waals surface area contributed by atoms with Crippen molar-refractivity contribution in [3.63, 3.8) is 0 Å². The van der Waals surface area contributed by atoms with E-state index in [4.69, 9.17) is 21.1 Å². The summed E-state index contributed by atoms with van der Waals surface area (Å²) in [7, 11) is 0. The van der Waals surface area contributed by atoms with Crippen LogP contribution in [0.25, 0.3) is 11.0 Å². The van der Waals surface area contributed by atoms with E-state index in [9.17, 15) is 4.79 Å². The predicted molar refractivity (Wildman–Crippen MR) is 95.5 cm³/mol. The minimum Gasteiger partial charge on any atom is -0.486 e. The first-order valence-corrected chi connectivity index (χ1v) is 8.29. The number of anilines is 1. The molecule has 2 heterocycles. The molecule has 0 bridgehead atoms. The highest BCUT2D eigenvalue weighted by Gasteiger charge is 2.16. The van der Waals surface area contributed by atoms with Crippen molar-refractivity contribution in [2.45, 2.75) is 13.5 Å². The third-order valence-corrected chi connectivity index (χ3v) is 4.55. The number of hydrogen-bond donors (Lipinski definition) is 1. The standard InChI is InChI=1S/C18H16ClN3O3/c1-11-12(19)3-2-4-13(11)21-18(23)9-22-10-20-14-7-16-17(8-15(14)22)25-6-5-24-16/h2-4,7-8,10H,5-6,9H2,1H3,(H,21,23). The van der Waals surface area contributed by atoms with Crippen LogP contribution >= 0.6 is 11.6 Å². The van der Waals surface area contributed by atoms with Gasteiger partial charge in [-0.2, -0.15) is 0 Å². The molecule has 0 unspecified atom stereocenters. The molecule has 0 atom stereocenters. The summed E-state index contributed by atoms with van der Waals surface area (Å²) in [4.78, 5) is 16.8. The molecule has 4 rings (SSSR count). The van der Waals surface area contributed by atoms with Gasteiger partial charge in [0, 0.05) is 22.8 Å². The van der Waals surface area contributed by atoms with Crippen molar-refractivity contribution >= 4 is 34.2 Å². The SMILES string of the molecule is Cc1c(Cl)cccc1NC(=O)Cn1cnc2cc3c(cc21)OCCO3. The normalized spacial score (nSPS) is 13.0. The van der Waals surface area contributed by atoms with E-state index in [0.717, 1.165) is 16.6 Å². The molecule has 1 amide bonds. The molecule has 6 nitrogen and oxygen atoms in total. The molecule has 1 N–H and O–H groups in total. The summed E-state index contributed by atoms with van der Waals surface area (Å²) in [6.45, 7) is 3.05. The molecule has 2 aromatic carbocycles. The number of halogens is 1. The van der Waals surface area contributed by atoms with E-state index in [1.165, 1.54) is 0 Å². The highest BCUT2D eigenvalue weighted by Crippen LogP contribution is 2.34. The van der Waals surface area contributed by atoms with Crippen LogP contribution in [-0.4, -0.2) is 28.7 Å². The lowest BCUT2D eigenvalue weighted by atomic mass is 10.2. The second-order valence-electron chi connectivity index (χ2n) is 5.82. The van der Waals surface area contributed by atoms with E-state index in [2.05, 4.69) is 10.3 Å². The Balaban J connectivity index is 1.58. The Morgan fingerprint density at radius 2 is 2.04 bits per heavy atom. The topological polar surface area (TPSA) is 65.4 Å². The second kappa shape index (κ2) is 6.29. The summed E-state index contributed by atoms with van der Waals surface area (Å²) in [6, 6.07) is 9.11. The third-order valence-electron chi connectivity index (χ3n) is 4.14. The van der Waals surface area contributed by atoms with Crippen LogP contribution in [0.1, 0.15) is 5.56 Å². The van der Waals surface area contributed by atoms with Crippen LogP contribution in [0.2, 0.25) is 5.02 Å². The van der Waals surface area contributed by atoms with Crippen molar-refractivity contribution in [2.75, 3.05) is 18.5 Å². The summed E-state index contributed by atoms with van der Waals surface area (Å²) >= 11 is 6.09. The molecule has 0 saturated heterocycles. The molecule has 7 heteroatoms. The molecule has 0 spiro atoms. The number of nitrogens with one attached hydrogen (secondary N) is 1. The maximum atomic E-state index is 12.4. The van der Waals surface area contributed by atoms with Crippen molar-refractivity contribution in [2.24, 2.45) is 0 Å². The number of carbonyl (C=O) groups excluding carboxylic acids is 1. The summed E-state index contributed by atoms with van der Waals surface area (Å²) in [6.07, 6.45) is 1.64. The van der Waals surface area contributed by atoms with E-state index < -0.39 is 0 Å². The Morgan fingerprint density at radius 1 is 1.28 bits per heavy atom. The third kappa shape index (κ3) is 3.00. The summed E-state index contributed by atoms with van der Waals surface area (Å²) < 4.78 is 12.9. The van der Waals surface area contributed by atoms with E-state index in [1.54, 1.807) is 23.0 Å². The lowest BCUT2D eigenvalue weighted by Gasteiger charge is -2.18. The fourth-order valence-corrected chi connectivity index (χ4v) is 2.98. The minimum atomic E-state index is -0.153. The van der Waals surface area contributed by atoms with Gasteiger partial charge in [0.1, 0.15) is 19.8 Å². The van der Waals surface area contributed by atoms with Gasteiger partial charge in [0.15, 0.2) is 11.5 Å². The van der Waals surface area contributed by atoms with Gasteiger partial charge in [0.25, 0.3) is 0 Å². The van der Waals surface area contributed by atoms with Crippen LogP contribution < -0.4 is 14.8 Å². The highest BCUT2D eigenvalue weighted by molar-refractivity contribution is 6.31. The molecule has 0 radical (unpaired) electrons. The van der Waals surface area contributed by atoms with Crippen molar-refractivity contribution in [1.82, 2.24) is 9.55 Å². The zero-order chi connectivity index (χ0) is 17.4. The molecule has 1 aliphatic rings. The number of rotatable bonds is 3. The van der Waals surface area contributed by atoms with E-state index >= 15 is 0 Å². The first-order chi connectivity index (χ1) is 12.1. The zero-order valence-electron chi connectivity index (χ0n) is 13.6. The number of benzene rings is 2. The van der Waals surface area contributed by atoms with Gasteiger partial charge in [-0.15, -0.1) is 0 Å². The number of aromatic nitrogens is 2. The molecule has 1 aromatic heterocycles. The lowest BCUT2D eigenvalue weighted by molar-refractivity contribution is -0.116. The van der Waals surface area contributed by atoms with E-state index in [-0.39, 0.29) is 12.5 Å². The Labute approximate surface area is 149 Å². The number of carbonyl (C=O) groups is 1. The van der Waals surface area contributed by atoms with E-state index in [1.807, 2.05) is 25.1 Å². The van der Waals surface area contributed by atoms with E-state index in [0.29, 0.717) is 35.4 Å². The fraction of sp³-hybridized carbons (Fsp3) is 0.222. The van der Waals surface area contributed by atoms with Crippen molar-refractivity contribution in [3.8, 4) is 11.5 Å². The Morgan fingerprint density at radius 3 is 2.84 bits per heavy atom. The quantitative estimate of drug-likeness (QED) is 0.780. The fourth-order valence-electron chi connectivity index (χ4n) is 2.81. The van der Waals surface area contributed by atoms with Crippen molar-refractivity contribution in [1.29, 1.82) is 0 Å². The predicted octanol–water partition coefficient (Wildman–Crippen LogP) is 3.41. The molecule has 0 fully saturated rings. The number of nitrogens with zero attached hydrogens (tertiary/aromatic N) is 2. The molecule has 0 saturated carbocycles. The van der Waals surface area contributed by atoms with Crippen LogP contribution in [0.3, 0.4) is 0 Å². The van der Waals surface area contributed by atoms with Gasteiger partial charge in [-0.1, -0.05) is 17.7 Å². The van der Waals surface area contributed by atoms with Gasteiger partial charge in [0.05, 0.1) is 17.4 Å². The number of amides is 1. The molecule has 0 aliphatic carbocycles. The Kier molecular flexibility index (Phi) is 3.97. The minimum absolute atomic E-state index is 0.141. The van der Waals surface area contributed by atoms with Gasteiger partial charge < -0.3 is 19.4 Å². The van der Waals surface area contributed by atoms with Gasteiger partial charge in [-0.25, -0.2) is 4.98 Å². The van der Waals surface area contributed by atoms with Crippen LogP contribution in [0.4, 0.5) is 5.69 Å². The zero-order valence-corrected chi connectivity index (χ0v) is 14.3. The van der Waals surface area contributed by atoms with Crippen LogP contribution in [-0.2, 0) is 11.3 Å². The lowest BCUT2D eigenvalue weighted by Crippen LogP contribution is -2.19. The maximum absolute atomic E-state index is 12.4. The summed E-state index contributed by atoms with van der Waals surface area (Å²) in [5.74, 6) is 1.20. The number of ether oxygens (including phenoxy) is 2. The molecule has 128 valence electrons. The highest BCUT2D eigenvalue weighted by atomic mass is 35.5. The molecular weight excluding hydrogens is 342 g/mol. The van der Waals surface area contributed by atoms with Crippen molar-refractivity contribution < 1.29 is 14.3 Å². The molecular formula is C18H16ClN3O3. The smallest absolute Gasteiger partial charge is 0.244 e. The number of fused-ring (bicyclic) bond motifs is 2. The molecule has 3 aromatic rings. The Bertz CT molecular complexity index is 968. The Hall–Kier alpha value is -2.73. The second-order valence-corrected chi connectivity index (χ2v) is 6.22. The number of hydrogen-bond acceptors (Lipinski definition) is 4. The van der Waals surface area contributed by atoms with Crippen molar-refractivity contribution in [3.05, 3.63) is 47.2 Å². The first-order valence-electron chi connectivity index (χ1n) is 7.91. The van der Waals surface area contributed by atoms with Gasteiger partial charge in [-0.3, -0.25) is 4.79 Å². The van der Waals surface area contributed by atoms with Crippen LogP contribution in [0, 0.1) is 6.92 Å². The monoisotopic (exact) mass is 357 g/mol. The average Bonchev–Trinajstić information content (AvgIpc) is 2.99. The first kappa shape index (κ1) is 15.8. The largest absolute Gasteiger partial charge is 0.486 e. The van der Waals surface area contributed by atoms with Gasteiger partial charge >= 0.3 is 0 Å². The molecule has 25 heavy (non-hydrogen) atoms. The number of imidazole rings is 1. The van der Waals surface area contributed by atoms with Crippen LogP contribution in [0.5, 0.6) is 11.5 Å². The van der Waals surface area contributed by atoms with Crippen LogP contribution in [0.15, 0.2) is 36.7 Å². The summed E-state index contributed by atoms with van der Waals surface area (Å²) in [5, 5.41) is 3.51. The maximum Gasteiger partial charge on any atom is 0.244 e. The molecule has 1 aliphatic heterocycles. The van der Waals surface area contributed by atoms with Gasteiger partial charge in [0.2, 0.25) is 5.91 Å².